The molecule has 0 bridgehead atoms. The van der Waals surface area contributed by atoms with Crippen LogP contribution in [0.5, 0.6) is 0 Å². The molecule has 1 amide bonds. The summed E-state index contributed by atoms with van der Waals surface area (Å²) in [4.78, 5) is 17.0. The standard InChI is InChI=1S/C21H13BrN4OS/c22-15-9-1-2-10-16(15)23-17(27)11-28-21-24-19-13-7-3-5-12-6-4-8-14(18(12)13)20(19)25-26-21/h1-10H,11H2,(H,23,27). The Hall–Kier alpha value is -2.77. The Labute approximate surface area is 173 Å². The summed E-state index contributed by atoms with van der Waals surface area (Å²) in [7, 11) is 0. The van der Waals surface area contributed by atoms with E-state index in [0.717, 1.165) is 43.4 Å². The largest absolute Gasteiger partial charge is 0.324 e. The lowest BCUT2D eigenvalue weighted by Crippen LogP contribution is -2.14. The van der Waals surface area contributed by atoms with Gasteiger partial charge in [-0.05, 0) is 33.4 Å². The topological polar surface area (TPSA) is 67.8 Å². The van der Waals surface area contributed by atoms with E-state index in [9.17, 15) is 4.79 Å². The van der Waals surface area contributed by atoms with E-state index in [1.165, 1.54) is 11.8 Å². The van der Waals surface area contributed by atoms with E-state index in [2.05, 4.69) is 54.6 Å². The Morgan fingerprint density at radius 2 is 1.68 bits per heavy atom. The highest BCUT2D eigenvalue weighted by atomic mass is 79.9. The van der Waals surface area contributed by atoms with Crippen LogP contribution in [-0.2, 0) is 4.79 Å². The second kappa shape index (κ2) is 7.00. The van der Waals surface area contributed by atoms with Gasteiger partial charge in [0.05, 0.1) is 11.4 Å². The third kappa shape index (κ3) is 2.96. The summed E-state index contributed by atoms with van der Waals surface area (Å²) in [6, 6.07) is 19.8. The fraction of sp³-hybridized carbons (Fsp3) is 0.0476. The Bertz CT molecular complexity index is 1240. The first-order valence-electron chi connectivity index (χ1n) is 8.65. The van der Waals surface area contributed by atoms with Crippen molar-refractivity contribution < 1.29 is 4.79 Å². The number of rotatable bonds is 4. The lowest BCUT2D eigenvalue weighted by molar-refractivity contribution is -0.113. The van der Waals surface area contributed by atoms with Crippen LogP contribution >= 0.6 is 27.7 Å². The van der Waals surface area contributed by atoms with Crippen molar-refractivity contribution in [2.75, 3.05) is 11.1 Å². The second-order valence-corrected chi connectivity index (χ2v) is 8.11. The molecular formula is C21H13BrN4OS. The van der Waals surface area contributed by atoms with Crippen molar-refractivity contribution in [3.63, 3.8) is 0 Å². The minimum absolute atomic E-state index is 0.119. The minimum atomic E-state index is -0.119. The first-order valence-corrected chi connectivity index (χ1v) is 10.4. The van der Waals surface area contributed by atoms with Gasteiger partial charge in [-0.15, -0.1) is 10.2 Å². The summed E-state index contributed by atoms with van der Waals surface area (Å²) < 4.78 is 0.842. The van der Waals surface area contributed by atoms with Crippen LogP contribution in [0, 0.1) is 0 Å². The van der Waals surface area contributed by atoms with Gasteiger partial charge < -0.3 is 5.32 Å². The molecule has 4 aromatic rings. The van der Waals surface area contributed by atoms with Gasteiger partial charge >= 0.3 is 0 Å². The van der Waals surface area contributed by atoms with Gasteiger partial charge in [0.2, 0.25) is 11.1 Å². The zero-order valence-corrected chi connectivity index (χ0v) is 16.9. The van der Waals surface area contributed by atoms with Crippen molar-refractivity contribution in [3.05, 3.63) is 65.1 Å². The van der Waals surface area contributed by atoms with Crippen molar-refractivity contribution in [3.8, 4) is 22.5 Å². The molecule has 7 heteroatoms. The molecule has 0 unspecified atom stereocenters. The molecule has 5 rings (SSSR count). The minimum Gasteiger partial charge on any atom is -0.324 e. The molecule has 0 aliphatic heterocycles. The predicted molar refractivity (Wildman–Crippen MR) is 115 cm³/mol. The Balaban J connectivity index is 1.37. The van der Waals surface area contributed by atoms with Crippen molar-refractivity contribution in [1.29, 1.82) is 0 Å². The van der Waals surface area contributed by atoms with Crippen LogP contribution < -0.4 is 5.32 Å². The molecule has 0 spiro atoms. The molecule has 5 nitrogen and oxygen atoms in total. The van der Waals surface area contributed by atoms with E-state index in [1.54, 1.807) is 0 Å². The highest BCUT2D eigenvalue weighted by Gasteiger charge is 2.25. The first kappa shape index (κ1) is 17.3. The van der Waals surface area contributed by atoms with E-state index in [1.807, 2.05) is 42.5 Å². The van der Waals surface area contributed by atoms with Gasteiger partial charge in [-0.25, -0.2) is 4.98 Å². The Kier molecular flexibility index (Phi) is 4.33. The number of nitrogens with one attached hydrogen (secondary N) is 1. The molecule has 1 aliphatic carbocycles. The van der Waals surface area contributed by atoms with E-state index in [-0.39, 0.29) is 11.7 Å². The summed E-state index contributed by atoms with van der Waals surface area (Å²) in [5.74, 6) is 0.0882. The lowest BCUT2D eigenvalue weighted by atomic mass is 10.0. The number of fused-ring (bicyclic) bond motifs is 3. The van der Waals surface area contributed by atoms with Crippen molar-refractivity contribution in [1.82, 2.24) is 15.2 Å². The zero-order chi connectivity index (χ0) is 19.1. The normalized spacial score (nSPS) is 11.5. The van der Waals surface area contributed by atoms with E-state index < -0.39 is 0 Å². The average molecular weight is 449 g/mol. The number of carbonyl (C=O) groups excluding carboxylic acids is 1. The number of benzene rings is 3. The van der Waals surface area contributed by atoms with Crippen molar-refractivity contribution >= 4 is 50.1 Å². The van der Waals surface area contributed by atoms with Gasteiger partial charge in [0, 0.05) is 21.0 Å². The molecule has 0 fully saturated rings. The van der Waals surface area contributed by atoms with E-state index >= 15 is 0 Å². The summed E-state index contributed by atoms with van der Waals surface area (Å²) in [5, 5.41) is 14.3. The molecule has 1 aliphatic rings. The molecule has 3 aromatic carbocycles. The summed E-state index contributed by atoms with van der Waals surface area (Å²) in [6.45, 7) is 0. The van der Waals surface area contributed by atoms with Crippen LogP contribution in [0.2, 0.25) is 0 Å². The molecule has 0 radical (unpaired) electrons. The molecule has 1 N–H and O–H groups in total. The van der Waals surface area contributed by atoms with Gasteiger partial charge in [-0.3, -0.25) is 4.79 Å². The van der Waals surface area contributed by atoms with E-state index in [0.29, 0.717) is 5.16 Å². The number of nitrogens with zero attached hydrogens (tertiary/aromatic N) is 3. The maximum Gasteiger partial charge on any atom is 0.234 e. The number of hydrogen-bond acceptors (Lipinski definition) is 5. The SMILES string of the molecule is O=C(CSc1nnc2c(n1)-c1cccc3cccc-2c13)Nc1ccccc1Br. The Morgan fingerprint density at radius 3 is 2.46 bits per heavy atom. The monoisotopic (exact) mass is 448 g/mol. The number of amides is 1. The fourth-order valence-electron chi connectivity index (χ4n) is 3.36. The van der Waals surface area contributed by atoms with Crippen molar-refractivity contribution in [2.24, 2.45) is 0 Å². The molecule has 1 heterocycles. The lowest BCUT2D eigenvalue weighted by Gasteiger charge is -2.07. The first-order chi connectivity index (χ1) is 13.7. The highest BCUT2D eigenvalue weighted by molar-refractivity contribution is 9.10. The number of halogens is 1. The maximum absolute atomic E-state index is 12.3. The fourth-order valence-corrected chi connectivity index (χ4v) is 4.33. The van der Waals surface area contributed by atoms with Crippen LogP contribution in [0.15, 0.2) is 70.3 Å². The molecule has 0 atom stereocenters. The van der Waals surface area contributed by atoms with Crippen LogP contribution in [0.4, 0.5) is 5.69 Å². The maximum atomic E-state index is 12.3. The van der Waals surface area contributed by atoms with Gasteiger partial charge in [-0.2, -0.15) is 0 Å². The quantitative estimate of drug-likeness (QED) is 0.384. The van der Waals surface area contributed by atoms with Crippen LogP contribution in [0.1, 0.15) is 0 Å². The van der Waals surface area contributed by atoms with Crippen LogP contribution in [0.25, 0.3) is 33.3 Å². The predicted octanol–water partition coefficient (Wildman–Crippen LogP) is 5.17. The van der Waals surface area contributed by atoms with Crippen molar-refractivity contribution in [2.45, 2.75) is 5.16 Å². The molecule has 0 saturated carbocycles. The van der Waals surface area contributed by atoms with Crippen LogP contribution in [0.3, 0.4) is 0 Å². The van der Waals surface area contributed by atoms with E-state index in [4.69, 9.17) is 0 Å². The highest BCUT2D eigenvalue weighted by Crippen LogP contribution is 2.44. The van der Waals surface area contributed by atoms with Gasteiger partial charge in [0.25, 0.3) is 0 Å². The molecule has 28 heavy (non-hydrogen) atoms. The van der Waals surface area contributed by atoms with Gasteiger partial charge in [0.15, 0.2) is 0 Å². The number of para-hydroxylation sites is 1. The summed E-state index contributed by atoms with van der Waals surface area (Å²) >= 11 is 4.70. The van der Waals surface area contributed by atoms with Crippen LogP contribution in [-0.4, -0.2) is 26.8 Å². The molecule has 1 aromatic heterocycles. The average Bonchev–Trinajstić information content (AvgIpc) is 3.04. The molecular weight excluding hydrogens is 436 g/mol. The number of carbonyl (C=O) groups is 1. The summed E-state index contributed by atoms with van der Waals surface area (Å²) in [5.41, 5.74) is 4.50. The third-order valence-electron chi connectivity index (χ3n) is 4.56. The third-order valence-corrected chi connectivity index (χ3v) is 6.09. The number of anilines is 1. The Morgan fingerprint density at radius 1 is 0.929 bits per heavy atom. The van der Waals surface area contributed by atoms with Gasteiger partial charge in [-0.1, -0.05) is 60.3 Å². The smallest absolute Gasteiger partial charge is 0.234 e. The molecule has 136 valence electrons. The zero-order valence-electron chi connectivity index (χ0n) is 14.5. The van der Waals surface area contributed by atoms with Gasteiger partial charge in [0.1, 0.15) is 11.4 Å². The number of aromatic nitrogens is 3. The second-order valence-electron chi connectivity index (χ2n) is 6.32. The number of thioether (sulfide) groups is 1. The number of hydrogen-bond donors (Lipinski definition) is 1. The molecule has 0 saturated heterocycles. The summed E-state index contributed by atoms with van der Waals surface area (Å²) in [6.07, 6.45) is 0.